The van der Waals surface area contributed by atoms with Crippen molar-refractivity contribution in [3.8, 4) is 17.9 Å². The van der Waals surface area contributed by atoms with Crippen molar-refractivity contribution in [3.05, 3.63) is 124 Å². The minimum atomic E-state index is -0.707. The normalized spacial score (nSPS) is 11.4. The maximum absolute atomic E-state index is 14.3. The molecule has 1 amide bonds. The summed E-state index contributed by atoms with van der Waals surface area (Å²) in [5, 5.41) is 16.8. The molecule has 5 aromatic rings. The van der Waals surface area contributed by atoms with Crippen LogP contribution < -0.4 is 5.32 Å². The minimum absolute atomic E-state index is 0.0883. The molecule has 0 aliphatic rings. The fraction of sp³-hybridized carbons (Fsp3) is 0.156. The SMILES string of the molecule is C[C@H](NC(=O)c1ccc(C#N)n1CCCC(=O)c1cccc(C#Cc2cnc3cccnn23)c1)c1c(F)cccc1Cl. The molecule has 0 spiro atoms. The lowest BCUT2D eigenvalue weighted by Gasteiger charge is -2.17. The molecule has 2 aromatic carbocycles. The largest absolute Gasteiger partial charge is 0.344 e. The number of imidazole rings is 1. The maximum atomic E-state index is 14.3. The van der Waals surface area contributed by atoms with Gasteiger partial charge < -0.3 is 9.88 Å². The molecule has 8 nitrogen and oxygen atoms in total. The van der Waals surface area contributed by atoms with Crippen molar-refractivity contribution in [2.24, 2.45) is 0 Å². The standard InChI is InChI=1S/C32H24ClFN6O2/c1-21(31-26(33)8-3-9-27(31)34)38-32(42)28-15-14-24(19-35)39(28)17-5-10-29(41)23-7-2-6-22(18-23)12-13-25-20-36-30-11-4-16-37-40(25)30/h2-4,6-9,11,14-16,18,20-21H,5,10,17H2,1H3,(H,38,42)/t21-/m0/s1. The van der Waals surface area contributed by atoms with E-state index in [0.29, 0.717) is 28.9 Å². The van der Waals surface area contributed by atoms with Gasteiger partial charge in [-0.1, -0.05) is 35.7 Å². The lowest BCUT2D eigenvalue weighted by atomic mass is 10.0. The summed E-state index contributed by atoms with van der Waals surface area (Å²) < 4.78 is 17.5. The fourth-order valence-electron chi connectivity index (χ4n) is 4.63. The van der Waals surface area contributed by atoms with Gasteiger partial charge in [-0.05, 0) is 67.8 Å². The summed E-state index contributed by atoms with van der Waals surface area (Å²) in [6.07, 6.45) is 3.88. The van der Waals surface area contributed by atoms with Crippen LogP contribution in [0.4, 0.5) is 4.39 Å². The number of Topliss-reactive ketones (excluding diaryl/α,β-unsaturated/α-hetero) is 1. The Morgan fingerprint density at radius 3 is 2.71 bits per heavy atom. The zero-order chi connectivity index (χ0) is 29.6. The number of aromatic nitrogens is 4. The Hall–Kier alpha value is -5.25. The number of benzene rings is 2. The number of hydrogen-bond acceptors (Lipinski definition) is 5. The van der Waals surface area contributed by atoms with Gasteiger partial charge >= 0.3 is 0 Å². The molecule has 0 fully saturated rings. The average molecular weight is 579 g/mol. The molecule has 5 rings (SSSR count). The summed E-state index contributed by atoms with van der Waals surface area (Å²) in [6, 6.07) is 19.5. The Labute approximate surface area is 246 Å². The van der Waals surface area contributed by atoms with E-state index in [4.69, 9.17) is 11.6 Å². The molecule has 0 aliphatic heterocycles. The Morgan fingerprint density at radius 1 is 1.07 bits per heavy atom. The highest BCUT2D eigenvalue weighted by atomic mass is 35.5. The van der Waals surface area contributed by atoms with Gasteiger partial charge in [0.15, 0.2) is 11.4 Å². The van der Waals surface area contributed by atoms with Crippen molar-refractivity contribution in [3.63, 3.8) is 0 Å². The number of nitriles is 1. The molecule has 0 bridgehead atoms. The number of rotatable bonds is 8. The summed E-state index contributed by atoms with van der Waals surface area (Å²) in [6.45, 7) is 1.90. The molecular weight excluding hydrogens is 555 g/mol. The lowest BCUT2D eigenvalue weighted by Crippen LogP contribution is -2.29. The predicted octanol–water partition coefficient (Wildman–Crippen LogP) is 5.75. The summed E-state index contributed by atoms with van der Waals surface area (Å²) in [5.74, 6) is 5.01. The van der Waals surface area contributed by atoms with Crippen molar-refractivity contribution >= 4 is 28.9 Å². The van der Waals surface area contributed by atoms with Gasteiger partial charge in [-0.25, -0.2) is 13.9 Å². The quantitative estimate of drug-likeness (QED) is 0.186. The van der Waals surface area contributed by atoms with Gasteiger partial charge in [-0.2, -0.15) is 10.4 Å². The number of amides is 1. The highest BCUT2D eigenvalue weighted by Gasteiger charge is 2.21. The number of hydrogen-bond donors (Lipinski definition) is 1. The number of ketones is 1. The van der Waals surface area contributed by atoms with Gasteiger partial charge in [-0.3, -0.25) is 9.59 Å². The first-order valence-electron chi connectivity index (χ1n) is 13.1. The molecule has 10 heteroatoms. The molecule has 0 unspecified atom stereocenters. The number of nitrogens with one attached hydrogen (secondary N) is 1. The van der Waals surface area contributed by atoms with Gasteiger partial charge in [0.05, 0.1) is 12.2 Å². The van der Waals surface area contributed by atoms with Gasteiger partial charge in [0, 0.05) is 40.9 Å². The highest BCUT2D eigenvalue weighted by molar-refractivity contribution is 6.31. The molecular formula is C32H24ClFN6O2. The molecule has 208 valence electrons. The summed E-state index contributed by atoms with van der Waals surface area (Å²) >= 11 is 6.15. The number of carbonyl (C=O) groups is 2. The Morgan fingerprint density at radius 2 is 1.90 bits per heavy atom. The van der Waals surface area contributed by atoms with Gasteiger partial charge in [0.1, 0.15) is 29.0 Å². The van der Waals surface area contributed by atoms with E-state index in [1.54, 1.807) is 64.8 Å². The van der Waals surface area contributed by atoms with Crippen LogP contribution in [0.5, 0.6) is 0 Å². The number of nitrogens with zero attached hydrogens (tertiary/aromatic N) is 5. The van der Waals surface area contributed by atoms with E-state index in [-0.39, 0.29) is 40.7 Å². The van der Waals surface area contributed by atoms with Crippen LogP contribution in [-0.2, 0) is 6.54 Å². The molecule has 3 aromatic heterocycles. The minimum Gasteiger partial charge on any atom is -0.344 e. The molecule has 1 N–H and O–H groups in total. The fourth-order valence-corrected chi connectivity index (χ4v) is 4.96. The molecule has 1 atom stereocenters. The summed E-state index contributed by atoms with van der Waals surface area (Å²) in [4.78, 5) is 30.4. The predicted molar refractivity (Wildman–Crippen MR) is 155 cm³/mol. The third-order valence-electron chi connectivity index (χ3n) is 6.69. The van der Waals surface area contributed by atoms with Crippen molar-refractivity contribution in [1.29, 1.82) is 5.26 Å². The van der Waals surface area contributed by atoms with Gasteiger partial charge in [-0.15, -0.1) is 0 Å². The van der Waals surface area contributed by atoms with Crippen LogP contribution in [-0.4, -0.2) is 30.9 Å². The van der Waals surface area contributed by atoms with E-state index in [9.17, 15) is 19.2 Å². The van der Waals surface area contributed by atoms with Crippen LogP contribution in [0.3, 0.4) is 0 Å². The van der Waals surface area contributed by atoms with Crippen LogP contribution >= 0.6 is 11.6 Å². The van der Waals surface area contributed by atoms with E-state index >= 15 is 0 Å². The number of fused-ring (bicyclic) bond motifs is 1. The van der Waals surface area contributed by atoms with Crippen molar-refractivity contribution in [2.45, 2.75) is 32.4 Å². The van der Waals surface area contributed by atoms with E-state index in [1.165, 1.54) is 18.2 Å². The van der Waals surface area contributed by atoms with Crippen LogP contribution in [0.1, 0.15) is 69.2 Å². The van der Waals surface area contributed by atoms with E-state index < -0.39 is 17.8 Å². The number of carbonyl (C=O) groups excluding carboxylic acids is 2. The van der Waals surface area contributed by atoms with Crippen LogP contribution in [0, 0.1) is 29.0 Å². The first-order chi connectivity index (χ1) is 20.4. The first kappa shape index (κ1) is 28.3. The monoisotopic (exact) mass is 578 g/mol. The Balaban J connectivity index is 1.24. The van der Waals surface area contributed by atoms with Crippen molar-refractivity contribution < 1.29 is 14.0 Å². The summed E-state index contributed by atoms with van der Waals surface area (Å²) in [7, 11) is 0. The Kier molecular flexibility index (Phi) is 8.42. The second kappa shape index (κ2) is 12.5. The van der Waals surface area contributed by atoms with Crippen LogP contribution in [0.2, 0.25) is 5.02 Å². The van der Waals surface area contributed by atoms with Crippen molar-refractivity contribution in [1.82, 2.24) is 24.5 Å². The third kappa shape index (κ3) is 6.07. The second-order valence-electron chi connectivity index (χ2n) is 9.49. The zero-order valence-corrected chi connectivity index (χ0v) is 23.3. The molecule has 0 saturated heterocycles. The van der Waals surface area contributed by atoms with Crippen LogP contribution in [0.25, 0.3) is 5.65 Å². The molecule has 0 aliphatic carbocycles. The van der Waals surface area contributed by atoms with Crippen molar-refractivity contribution in [2.75, 3.05) is 0 Å². The Bertz CT molecular complexity index is 1890. The maximum Gasteiger partial charge on any atom is 0.268 e. The zero-order valence-electron chi connectivity index (χ0n) is 22.5. The smallest absolute Gasteiger partial charge is 0.268 e. The van der Waals surface area contributed by atoms with Gasteiger partial charge in [0.25, 0.3) is 5.91 Å². The number of halogens is 2. The molecule has 42 heavy (non-hydrogen) atoms. The molecule has 0 radical (unpaired) electrons. The highest BCUT2D eigenvalue weighted by Crippen LogP contribution is 2.26. The van der Waals surface area contributed by atoms with Gasteiger partial charge in [0.2, 0.25) is 0 Å². The van der Waals surface area contributed by atoms with E-state index in [2.05, 4.69) is 33.3 Å². The van der Waals surface area contributed by atoms with Crippen LogP contribution in [0.15, 0.2) is 79.1 Å². The average Bonchev–Trinajstić information content (AvgIpc) is 3.60. The first-order valence-corrected chi connectivity index (χ1v) is 13.5. The summed E-state index contributed by atoms with van der Waals surface area (Å²) in [5.41, 5.74) is 3.21. The topological polar surface area (TPSA) is 105 Å². The molecule has 3 heterocycles. The van der Waals surface area contributed by atoms with E-state index in [0.717, 1.165) is 0 Å². The lowest BCUT2D eigenvalue weighted by molar-refractivity contribution is 0.0929. The third-order valence-corrected chi connectivity index (χ3v) is 7.02. The second-order valence-corrected chi connectivity index (χ2v) is 9.90. The van der Waals surface area contributed by atoms with E-state index in [1.807, 2.05) is 12.1 Å². The molecule has 0 saturated carbocycles.